The van der Waals surface area contributed by atoms with Gasteiger partial charge in [-0.1, -0.05) is 30.3 Å². The van der Waals surface area contributed by atoms with Crippen molar-refractivity contribution in [2.24, 2.45) is 0 Å². The molecule has 1 spiro atoms. The molecule has 6 nitrogen and oxygen atoms in total. The Labute approximate surface area is 169 Å². The summed E-state index contributed by atoms with van der Waals surface area (Å²) in [5.74, 6) is -0.610. The summed E-state index contributed by atoms with van der Waals surface area (Å²) in [6.45, 7) is 2.37. The van der Waals surface area contributed by atoms with E-state index in [1.807, 2.05) is 54.6 Å². The Hall–Kier alpha value is -2.80. The molecule has 1 unspecified atom stereocenters. The first-order chi connectivity index (χ1) is 14.2. The van der Waals surface area contributed by atoms with Crippen LogP contribution in [0.1, 0.15) is 34.9 Å². The fourth-order valence-corrected chi connectivity index (χ4v) is 3.98. The van der Waals surface area contributed by atoms with Crippen molar-refractivity contribution in [1.82, 2.24) is 10.3 Å². The third-order valence-corrected chi connectivity index (χ3v) is 5.61. The molecular formula is C23H23N3O3. The monoisotopic (exact) mass is 389 g/mol. The van der Waals surface area contributed by atoms with E-state index in [9.17, 15) is 4.79 Å². The maximum atomic E-state index is 12.6. The molecule has 1 atom stereocenters. The second kappa shape index (κ2) is 7.55. The summed E-state index contributed by atoms with van der Waals surface area (Å²) in [6.07, 6.45) is 3.32. The van der Waals surface area contributed by atoms with Crippen LogP contribution in [0.2, 0.25) is 0 Å². The molecule has 2 N–H and O–H groups in total. The van der Waals surface area contributed by atoms with Gasteiger partial charge in [-0.15, -0.1) is 0 Å². The number of rotatable bonds is 3. The first-order valence-corrected chi connectivity index (χ1v) is 9.99. The van der Waals surface area contributed by atoms with Gasteiger partial charge in [-0.3, -0.25) is 9.78 Å². The molecule has 148 valence electrons. The predicted octanol–water partition coefficient (Wildman–Crippen LogP) is 3.65. The van der Waals surface area contributed by atoms with Gasteiger partial charge in [0.05, 0.1) is 24.0 Å². The molecule has 5 rings (SSSR count). The lowest BCUT2D eigenvalue weighted by molar-refractivity contribution is -0.183. The van der Waals surface area contributed by atoms with Gasteiger partial charge in [-0.25, -0.2) is 0 Å². The van der Waals surface area contributed by atoms with Crippen LogP contribution in [-0.2, 0) is 9.47 Å². The maximum absolute atomic E-state index is 12.6. The van der Waals surface area contributed by atoms with Crippen molar-refractivity contribution < 1.29 is 14.3 Å². The van der Waals surface area contributed by atoms with Crippen molar-refractivity contribution in [2.75, 3.05) is 25.0 Å². The van der Waals surface area contributed by atoms with E-state index < -0.39 is 5.79 Å². The largest absolute Gasteiger partial charge is 0.347 e. The number of aromatic nitrogens is 1. The normalized spacial score (nSPS) is 20.8. The molecule has 29 heavy (non-hydrogen) atoms. The number of hydrogen-bond acceptors (Lipinski definition) is 5. The van der Waals surface area contributed by atoms with Gasteiger partial charge < -0.3 is 20.1 Å². The van der Waals surface area contributed by atoms with Crippen molar-refractivity contribution in [3.8, 4) is 0 Å². The Morgan fingerprint density at radius 3 is 2.72 bits per heavy atom. The SMILES string of the molecule is O=C(Nc1cnc2ccccc2c1)c1ccc(C2COC3(CCNCC3)O2)cc1. The lowest BCUT2D eigenvalue weighted by Gasteiger charge is -2.32. The average molecular weight is 389 g/mol. The van der Waals surface area contributed by atoms with E-state index in [4.69, 9.17) is 9.47 Å². The van der Waals surface area contributed by atoms with E-state index in [1.165, 1.54) is 0 Å². The Morgan fingerprint density at radius 2 is 1.90 bits per heavy atom. The summed E-state index contributed by atoms with van der Waals surface area (Å²) in [5, 5.41) is 7.24. The molecular weight excluding hydrogens is 366 g/mol. The quantitative estimate of drug-likeness (QED) is 0.715. The molecule has 1 amide bonds. The third kappa shape index (κ3) is 3.74. The number of pyridine rings is 1. The van der Waals surface area contributed by atoms with Crippen molar-refractivity contribution >= 4 is 22.5 Å². The highest BCUT2D eigenvalue weighted by Crippen LogP contribution is 2.38. The molecule has 0 radical (unpaired) electrons. The highest BCUT2D eigenvalue weighted by atomic mass is 16.7. The van der Waals surface area contributed by atoms with E-state index in [2.05, 4.69) is 15.6 Å². The van der Waals surface area contributed by atoms with Crippen LogP contribution >= 0.6 is 0 Å². The van der Waals surface area contributed by atoms with Gasteiger partial charge in [-0.2, -0.15) is 0 Å². The van der Waals surface area contributed by atoms with Gasteiger partial charge >= 0.3 is 0 Å². The van der Waals surface area contributed by atoms with Crippen molar-refractivity contribution in [3.63, 3.8) is 0 Å². The van der Waals surface area contributed by atoms with Crippen LogP contribution in [-0.4, -0.2) is 36.4 Å². The standard InChI is InChI=1S/C23H23N3O3/c27-22(26-19-13-18-3-1-2-4-20(18)25-14-19)17-7-5-16(6-8-17)21-15-28-23(29-21)9-11-24-12-10-23/h1-8,13-14,21,24H,9-12,15H2,(H,26,27). The Morgan fingerprint density at radius 1 is 1.10 bits per heavy atom. The van der Waals surface area contributed by atoms with Crippen LogP contribution < -0.4 is 10.6 Å². The van der Waals surface area contributed by atoms with Gasteiger partial charge in [0.25, 0.3) is 5.91 Å². The number of hydrogen-bond donors (Lipinski definition) is 2. The lowest BCUT2D eigenvalue weighted by Crippen LogP contribution is -2.42. The molecule has 2 aromatic carbocycles. The number of amides is 1. The first kappa shape index (κ1) is 18.2. The zero-order valence-electron chi connectivity index (χ0n) is 16.1. The molecule has 3 aromatic rings. The molecule has 3 heterocycles. The Kier molecular flexibility index (Phi) is 4.75. The second-order valence-corrected chi connectivity index (χ2v) is 7.57. The number of carbonyl (C=O) groups excluding carboxylic acids is 1. The van der Waals surface area contributed by atoms with E-state index in [0.717, 1.165) is 42.4 Å². The smallest absolute Gasteiger partial charge is 0.255 e. The zero-order valence-corrected chi connectivity index (χ0v) is 16.1. The van der Waals surface area contributed by atoms with Crippen LogP contribution in [0.5, 0.6) is 0 Å². The number of nitrogens with one attached hydrogen (secondary N) is 2. The summed E-state index contributed by atoms with van der Waals surface area (Å²) in [4.78, 5) is 17.0. The molecule has 0 saturated carbocycles. The first-order valence-electron chi connectivity index (χ1n) is 9.99. The summed E-state index contributed by atoms with van der Waals surface area (Å²) in [5.41, 5.74) is 3.21. The number of anilines is 1. The molecule has 2 saturated heterocycles. The minimum Gasteiger partial charge on any atom is -0.347 e. The summed E-state index contributed by atoms with van der Waals surface area (Å²) in [6, 6.07) is 17.3. The number of fused-ring (bicyclic) bond motifs is 1. The van der Waals surface area contributed by atoms with E-state index in [0.29, 0.717) is 17.9 Å². The summed E-state index contributed by atoms with van der Waals surface area (Å²) >= 11 is 0. The molecule has 6 heteroatoms. The average Bonchev–Trinajstić information content (AvgIpc) is 3.17. The molecule has 2 aliphatic rings. The van der Waals surface area contributed by atoms with Crippen LogP contribution in [0.4, 0.5) is 5.69 Å². The van der Waals surface area contributed by atoms with E-state index in [1.54, 1.807) is 6.20 Å². The maximum Gasteiger partial charge on any atom is 0.255 e. The number of piperidine rings is 1. The van der Waals surface area contributed by atoms with Gasteiger partial charge in [0.15, 0.2) is 5.79 Å². The number of carbonyl (C=O) groups is 1. The van der Waals surface area contributed by atoms with Gasteiger partial charge in [-0.05, 0) is 29.8 Å². The number of nitrogens with zero attached hydrogens (tertiary/aromatic N) is 1. The van der Waals surface area contributed by atoms with Crippen molar-refractivity contribution in [2.45, 2.75) is 24.7 Å². The summed E-state index contributed by atoms with van der Waals surface area (Å²) < 4.78 is 12.2. The zero-order chi connectivity index (χ0) is 19.7. The minimum atomic E-state index is -0.449. The van der Waals surface area contributed by atoms with E-state index >= 15 is 0 Å². The lowest BCUT2D eigenvalue weighted by atomic mass is 10.0. The van der Waals surface area contributed by atoms with Crippen LogP contribution in [0, 0.1) is 0 Å². The molecule has 2 aliphatic heterocycles. The summed E-state index contributed by atoms with van der Waals surface area (Å²) in [7, 11) is 0. The predicted molar refractivity (Wildman–Crippen MR) is 111 cm³/mol. The highest BCUT2D eigenvalue weighted by Gasteiger charge is 2.42. The molecule has 2 fully saturated rings. The van der Waals surface area contributed by atoms with Gasteiger partial charge in [0.2, 0.25) is 0 Å². The fourth-order valence-electron chi connectivity index (χ4n) is 3.98. The van der Waals surface area contributed by atoms with Crippen molar-refractivity contribution in [1.29, 1.82) is 0 Å². The molecule has 0 bridgehead atoms. The molecule has 1 aromatic heterocycles. The number of para-hydroxylation sites is 1. The number of ether oxygens (including phenoxy) is 2. The Bertz CT molecular complexity index is 1030. The molecule has 0 aliphatic carbocycles. The topological polar surface area (TPSA) is 72.5 Å². The van der Waals surface area contributed by atoms with Crippen molar-refractivity contribution in [3.05, 3.63) is 71.9 Å². The van der Waals surface area contributed by atoms with Crippen LogP contribution in [0.25, 0.3) is 10.9 Å². The minimum absolute atomic E-state index is 0.0881. The fraction of sp³-hybridized carbons (Fsp3) is 0.304. The van der Waals surface area contributed by atoms with Gasteiger partial charge in [0, 0.05) is 36.9 Å². The second-order valence-electron chi connectivity index (χ2n) is 7.57. The highest BCUT2D eigenvalue weighted by molar-refractivity contribution is 6.04. The van der Waals surface area contributed by atoms with E-state index in [-0.39, 0.29) is 12.0 Å². The third-order valence-electron chi connectivity index (χ3n) is 5.61. The van der Waals surface area contributed by atoms with Crippen LogP contribution in [0.15, 0.2) is 60.8 Å². The van der Waals surface area contributed by atoms with Gasteiger partial charge in [0.1, 0.15) is 6.10 Å². The Balaban J connectivity index is 1.26. The number of benzene rings is 2. The van der Waals surface area contributed by atoms with Crippen LogP contribution in [0.3, 0.4) is 0 Å².